The van der Waals surface area contributed by atoms with Gasteiger partial charge >= 0.3 is 0 Å². The fourth-order valence-corrected chi connectivity index (χ4v) is 2.69. The Morgan fingerprint density at radius 1 is 1.26 bits per heavy atom. The molecule has 0 amide bonds. The summed E-state index contributed by atoms with van der Waals surface area (Å²) in [5.74, 6) is 0.563. The third kappa shape index (κ3) is 6.05. The highest BCUT2D eigenvalue weighted by Gasteiger charge is 2.04. The van der Waals surface area contributed by atoms with E-state index in [0.29, 0.717) is 5.96 Å². The molecule has 23 heavy (non-hydrogen) atoms. The van der Waals surface area contributed by atoms with Gasteiger partial charge in [0.05, 0.1) is 0 Å². The maximum absolute atomic E-state index is 5.90. The number of hydrogen-bond donors (Lipinski definition) is 3. The normalized spacial score (nSPS) is 11.5. The number of guanidine groups is 1. The van der Waals surface area contributed by atoms with Crippen LogP contribution >= 0.6 is 24.0 Å². The number of aromatic nitrogens is 1. The van der Waals surface area contributed by atoms with Crippen molar-refractivity contribution in [1.29, 1.82) is 0 Å². The number of rotatable bonds is 8. The second-order valence-electron chi connectivity index (χ2n) is 5.82. The Kier molecular flexibility index (Phi) is 9.06. The first-order valence-corrected chi connectivity index (χ1v) is 8.31. The molecule has 2 aromatic rings. The second-order valence-corrected chi connectivity index (χ2v) is 5.82. The van der Waals surface area contributed by atoms with E-state index in [2.05, 4.69) is 53.5 Å². The van der Waals surface area contributed by atoms with Crippen LogP contribution in [0, 0.1) is 6.92 Å². The molecule has 4 nitrogen and oxygen atoms in total. The first kappa shape index (κ1) is 19.8. The maximum atomic E-state index is 5.90. The number of nitrogens with one attached hydrogen (secondary N) is 2. The molecule has 0 aliphatic heterocycles. The lowest BCUT2D eigenvalue weighted by atomic mass is 10.1. The summed E-state index contributed by atoms with van der Waals surface area (Å²) in [6, 6.07) is 6.40. The van der Waals surface area contributed by atoms with Crippen LogP contribution in [0.1, 0.15) is 43.7 Å². The van der Waals surface area contributed by atoms with Crippen molar-refractivity contribution >= 4 is 40.8 Å². The van der Waals surface area contributed by atoms with Crippen LogP contribution in [-0.4, -0.2) is 24.0 Å². The zero-order valence-corrected chi connectivity index (χ0v) is 16.5. The van der Waals surface area contributed by atoms with Crippen molar-refractivity contribution in [2.45, 2.75) is 46.0 Å². The Balaban J connectivity index is 0.00000264. The highest BCUT2D eigenvalue weighted by molar-refractivity contribution is 14.0. The quantitative estimate of drug-likeness (QED) is 0.256. The predicted octanol–water partition coefficient (Wildman–Crippen LogP) is 4.12. The third-order valence-electron chi connectivity index (χ3n) is 4.00. The van der Waals surface area contributed by atoms with Crippen LogP contribution in [0.2, 0.25) is 0 Å². The standard InChI is InChI=1S/C18H28N4.HI/c1-3-4-5-6-11-20-18(19)21-12-10-15-13-22-17-14(2)8-7-9-16(15)17;/h7-9,13,22H,3-6,10-12H2,1-2H3,(H3,19,20,21);1H. The summed E-state index contributed by atoms with van der Waals surface area (Å²) in [6.07, 6.45) is 7.93. The fraction of sp³-hybridized carbons (Fsp3) is 0.500. The van der Waals surface area contributed by atoms with Gasteiger partial charge in [0.15, 0.2) is 5.96 Å². The van der Waals surface area contributed by atoms with Crippen LogP contribution in [0.4, 0.5) is 0 Å². The number of unbranched alkanes of at least 4 members (excludes halogenated alkanes) is 3. The molecule has 0 unspecified atom stereocenters. The van der Waals surface area contributed by atoms with Crippen molar-refractivity contribution < 1.29 is 0 Å². The monoisotopic (exact) mass is 428 g/mol. The van der Waals surface area contributed by atoms with Crippen molar-refractivity contribution in [2.75, 3.05) is 13.1 Å². The van der Waals surface area contributed by atoms with E-state index >= 15 is 0 Å². The Morgan fingerprint density at radius 2 is 2.09 bits per heavy atom. The van der Waals surface area contributed by atoms with Gasteiger partial charge in [-0.25, -0.2) is 0 Å². The Morgan fingerprint density at radius 3 is 2.87 bits per heavy atom. The van der Waals surface area contributed by atoms with E-state index in [1.165, 1.54) is 41.3 Å². The molecule has 0 aliphatic rings. The van der Waals surface area contributed by atoms with E-state index in [4.69, 9.17) is 5.73 Å². The van der Waals surface area contributed by atoms with Gasteiger partial charge in [-0.2, -0.15) is 0 Å². The van der Waals surface area contributed by atoms with Gasteiger partial charge < -0.3 is 16.0 Å². The van der Waals surface area contributed by atoms with Gasteiger partial charge in [0.1, 0.15) is 0 Å². The van der Waals surface area contributed by atoms with E-state index in [9.17, 15) is 0 Å². The Hall–Kier alpha value is -1.24. The number of fused-ring (bicyclic) bond motifs is 1. The van der Waals surface area contributed by atoms with Gasteiger partial charge in [-0.3, -0.25) is 4.99 Å². The lowest BCUT2D eigenvalue weighted by Gasteiger charge is -2.05. The van der Waals surface area contributed by atoms with Gasteiger partial charge in [0.2, 0.25) is 0 Å². The molecule has 0 atom stereocenters. The zero-order chi connectivity index (χ0) is 15.8. The number of hydrogen-bond acceptors (Lipinski definition) is 1. The number of aromatic amines is 1. The number of halogens is 1. The van der Waals surface area contributed by atoms with Crippen molar-refractivity contribution in [3.05, 3.63) is 35.5 Å². The molecule has 0 spiro atoms. The number of nitrogens with two attached hydrogens (primary N) is 1. The number of para-hydroxylation sites is 1. The largest absolute Gasteiger partial charge is 0.370 e. The molecule has 4 N–H and O–H groups in total. The molecular formula is C18H29IN4. The average molecular weight is 428 g/mol. The molecule has 5 heteroatoms. The molecule has 0 saturated carbocycles. The number of benzene rings is 1. The van der Waals surface area contributed by atoms with Crippen LogP contribution < -0.4 is 11.1 Å². The van der Waals surface area contributed by atoms with Crippen LogP contribution in [0.5, 0.6) is 0 Å². The lowest BCUT2D eigenvalue weighted by molar-refractivity contribution is 0.673. The fourth-order valence-electron chi connectivity index (χ4n) is 2.69. The first-order chi connectivity index (χ1) is 10.7. The number of aliphatic imine (C=N–C) groups is 1. The summed E-state index contributed by atoms with van der Waals surface area (Å²) in [6.45, 7) is 5.98. The third-order valence-corrected chi connectivity index (χ3v) is 4.00. The van der Waals surface area contributed by atoms with E-state index in [-0.39, 0.29) is 24.0 Å². The molecular weight excluding hydrogens is 399 g/mol. The minimum atomic E-state index is 0. The average Bonchev–Trinajstić information content (AvgIpc) is 2.92. The van der Waals surface area contributed by atoms with Crippen molar-refractivity contribution in [3.63, 3.8) is 0 Å². The summed E-state index contributed by atoms with van der Waals surface area (Å²) in [4.78, 5) is 7.73. The van der Waals surface area contributed by atoms with E-state index in [1.54, 1.807) is 0 Å². The van der Waals surface area contributed by atoms with Crippen LogP contribution in [-0.2, 0) is 6.42 Å². The minimum absolute atomic E-state index is 0. The van der Waals surface area contributed by atoms with Crippen LogP contribution in [0.3, 0.4) is 0 Å². The van der Waals surface area contributed by atoms with E-state index in [1.807, 2.05) is 0 Å². The zero-order valence-electron chi connectivity index (χ0n) is 14.2. The molecule has 0 bridgehead atoms. The number of H-pyrrole nitrogens is 1. The predicted molar refractivity (Wildman–Crippen MR) is 111 cm³/mol. The molecule has 0 aliphatic carbocycles. The molecule has 1 aromatic carbocycles. The molecule has 2 rings (SSSR count). The first-order valence-electron chi connectivity index (χ1n) is 8.31. The Bertz CT molecular complexity index is 619. The molecule has 0 fully saturated rings. The van der Waals surface area contributed by atoms with Gasteiger partial charge in [-0.15, -0.1) is 24.0 Å². The lowest BCUT2D eigenvalue weighted by Crippen LogP contribution is -2.33. The summed E-state index contributed by atoms with van der Waals surface area (Å²) in [5, 5.41) is 4.51. The topological polar surface area (TPSA) is 66.2 Å². The molecule has 1 aromatic heterocycles. The molecule has 0 saturated heterocycles. The van der Waals surface area contributed by atoms with Crippen LogP contribution in [0.25, 0.3) is 10.9 Å². The van der Waals surface area contributed by atoms with Crippen molar-refractivity contribution in [1.82, 2.24) is 10.3 Å². The molecule has 1 heterocycles. The maximum Gasteiger partial charge on any atom is 0.188 e. The van der Waals surface area contributed by atoms with Crippen LogP contribution in [0.15, 0.2) is 29.4 Å². The summed E-state index contributed by atoms with van der Waals surface area (Å²) in [7, 11) is 0. The summed E-state index contributed by atoms with van der Waals surface area (Å²) >= 11 is 0. The molecule has 0 radical (unpaired) electrons. The van der Waals surface area contributed by atoms with Gasteiger partial charge in [0, 0.05) is 30.2 Å². The SMILES string of the molecule is CCCCCCN=C(N)NCCc1c[nH]c2c(C)cccc12.I. The van der Waals surface area contributed by atoms with E-state index in [0.717, 1.165) is 25.9 Å². The number of nitrogens with zero attached hydrogens (tertiary/aromatic N) is 1. The van der Waals surface area contributed by atoms with Gasteiger partial charge in [0.25, 0.3) is 0 Å². The minimum Gasteiger partial charge on any atom is -0.370 e. The Labute approximate surface area is 156 Å². The number of aryl methyl sites for hydroxylation is 1. The summed E-state index contributed by atoms with van der Waals surface area (Å²) in [5.41, 5.74) is 9.73. The second kappa shape index (κ2) is 10.5. The highest BCUT2D eigenvalue weighted by Crippen LogP contribution is 2.21. The molecule has 128 valence electrons. The van der Waals surface area contributed by atoms with E-state index < -0.39 is 0 Å². The van der Waals surface area contributed by atoms with Gasteiger partial charge in [-0.05, 0) is 30.9 Å². The van der Waals surface area contributed by atoms with Gasteiger partial charge in [-0.1, -0.05) is 44.4 Å². The summed E-state index contributed by atoms with van der Waals surface area (Å²) < 4.78 is 0. The smallest absolute Gasteiger partial charge is 0.188 e. The van der Waals surface area contributed by atoms with Crippen molar-refractivity contribution in [2.24, 2.45) is 10.7 Å². The van der Waals surface area contributed by atoms with Crippen molar-refractivity contribution in [3.8, 4) is 0 Å². The highest BCUT2D eigenvalue weighted by atomic mass is 127.